The highest BCUT2D eigenvalue weighted by Gasteiger charge is 2.34. The van der Waals surface area contributed by atoms with E-state index in [1.54, 1.807) is 0 Å². The minimum atomic E-state index is -0.182. The molecule has 118 valence electrons. The molecule has 2 fully saturated rings. The normalized spacial score (nSPS) is 34.1. The molecule has 0 aromatic carbocycles. The molecule has 1 amide bonds. The highest BCUT2D eigenvalue weighted by atomic mass is 35.5. The van der Waals surface area contributed by atoms with Crippen molar-refractivity contribution in [3.63, 3.8) is 0 Å². The van der Waals surface area contributed by atoms with Crippen LogP contribution in [0.15, 0.2) is 0 Å². The minimum Gasteiger partial charge on any atom is -0.356 e. The second-order valence-corrected chi connectivity index (χ2v) is 7.02. The first-order valence-corrected chi connectivity index (χ1v) is 8.09. The first kappa shape index (κ1) is 17.8. The predicted molar refractivity (Wildman–Crippen MR) is 86.2 cm³/mol. The van der Waals surface area contributed by atoms with Crippen LogP contribution in [-0.4, -0.2) is 25.5 Å². The van der Waals surface area contributed by atoms with Crippen molar-refractivity contribution >= 4 is 18.3 Å². The second kappa shape index (κ2) is 8.23. The van der Waals surface area contributed by atoms with E-state index in [4.69, 9.17) is 0 Å². The first-order valence-electron chi connectivity index (χ1n) is 8.09. The smallest absolute Gasteiger partial charge is 0.227 e. The van der Waals surface area contributed by atoms with Gasteiger partial charge in [0.2, 0.25) is 5.91 Å². The number of hydrogen-bond donors (Lipinski definition) is 2. The van der Waals surface area contributed by atoms with Crippen molar-refractivity contribution in [2.75, 3.05) is 19.6 Å². The molecule has 3 unspecified atom stereocenters. The molecule has 3 atom stereocenters. The van der Waals surface area contributed by atoms with E-state index in [0.717, 1.165) is 44.3 Å². The van der Waals surface area contributed by atoms with Crippen molar-refractivity contribution in [1.82, 2.24) is 10.6 Å². The van der Waals surface area contributed by atoms with Gasteiger partial charge in [0.15, 0.2) is 0 Å². The highest BCUT2D eigenvalue weighted by Crippen LogP contribution is 2.30. The molecule has 20 heavy (non-hydrogen) atoms. The molecule has 2 N–H and O–H groups in total. The molecule has 2 rings (SSSR count). The average molecular weight is 303 g/mol. The van der Waals surface area contributed by atoms with Gasteiger partial charge in [0.05, 0.1) is 5.41 Å². The van der Waals surface area contributed by atoms with Crippen LogP contribution >= 0.6 is 12.4 Å². The lowest BCUT2D eigenvalue weighted by molar-refractivity contribution is -0.131. The van der Waals surface area contributed by atoms with Crippen LogP contribution in [0.25, 0.3) is 0 Å². The van der Waals surface area contributed by atoms with Gasteiger partial charge in [-0.15, -0.1) is 12.4 Å². The molecule has 4 heteroatoms. The van der Waals surface area contributed by atoms with E-state index in [1.165, 1.54) is 32.1 Å². The number of hydrogen-bond acceptors (Lipinski definition) is 2. The van der Waals surface area contributed by atoms with Crippen LogP contribution in [-0.2, 0) is 4.79 Å². The third-order valence-corrected chi connectivity index (χ3v) is 5.03. The number of carbonyl (C=O) groups is 1. The molecule has 1 saturated carbocycles. The summed E-state index contributed by atoms with van der Waals surface area (Å²) in [5.41, 5.74) is -0.182. The molecule has 2 aliphatic rings. The lowest BCUT2D eigenvalue weighted by atomic mass is 9.80. The standard InChI is InChI=1S/C16H30N2O.ClH/c1-13-5-3-6-14(11-13)7-10-18-15(19)16(2)8-4-9-17-12-16;/h13-14,17H,3-12H2,1-2H3,(H,18,19);1H. The number of nitrogens with one attached hydrogen (secondary N) is 2. The summed E-state index contributed by atoms with van der Waals surface area (Å²) < 4.78 is 0. The quantitative estimate of drug-likeness (QED) is 0.838. The number of rotatable bonds is 4. The monoisotopic (exact) mass is 302 g/mol. The largest absolute Gasteiger partial charge is 0.356 e. The zero-order valence-electron chi connectivity index (χ0n) is 13.0. The summed E-state index contributed by atoms with van der Waals surface area (Å²) in [6.45, 7) is 7.21. The Bertz CT molecular complexity index is 303. The predicted octanol–water partition coefficient (Wildman–Crippen LogP) is 3.13. The van der Waals surface area contributed by atoms with E-state index < -0.39 is 0 Å². The molecular weight excluding hydrogens is 272 g/mol. The summed E-state index contributed by atoms with van der Waals surface area (Å²) in [6, 6.07) is 0. The van der Waals surface area contributed by atoms with E-state index in [0.29, 0.717) is 0 Å². The lowest BCUT2D eigenvalue weighted by Crippen LogP contribution is -2.49. The van der Waals surface area contributed by atoms with Crippen LogP contribution in [0.4, 0.5) is 0 Å². The van der Waals surface area contributed by atoms with Crippen LogP contribution in [0.1, 0.15) is 58.8 Å². The Morgan fingerprint density at radius 3 is 2.80 bits per heavy atom. The fraction of sp³-hybridized carbons (Fsp3) is 0.938. The number of halogens is 1. The fourth-order valence-corrected chi connectivity index (χ4v) is 3.68. The first-order chi connectivity index (χ1) is 9.10. The van der Waals surface area contributed by atoms with Gasteiger partial charge in [-0.25, -0.2) is 0 Å². The molecule has 0 aromatic rings. The van der Waals surface area contributed by atoms with E-state index in [-0.39, 0.29) is 23.7 Å². The van der Waals surface area contributed by atoms with Crippen LogP contribution in [0.2, 0.25) is 0 Å². The number of piperidine rings is 1. The fourth-order valence-electron chi connectivity index (χ4n) is 3.68. The summed E-state index contributed by atoms with van der Waals surface area (Å²) in [6.07, 6.45) is 8.79. The van der Waals surface area contributed by atoms with Gasteiger partial charge >= 0.3 is 0 Å². The summed E-state index contributed by atoms with van der Waals surface area (Å²) in [4.78, 5) is 12.3. The maximum atomic E-state index is 12.3. The Morgan fingerprint density at radius 1 is 1.35 bits per heavy atom. The molecule has 1 saturated heterocycles. The number of amides is 1. The molecular formula is C16H31ClN2O. The Hall–Kier alpha value is -0.280. The maximum Gasteiger partial charge on any atom is 0.227 e. The zero-order valence-corrected chi connectivity index (χ0v) is 13.9. The Labute approximate surface area is 130 Å². The zero-order chi connectivity index (χ0) is 13.7. The van der Waals surface area contributed by atoms with E-state index in [2.05, 4.69) is 24.5 Å². The van der Waals surface area contributed by atoms with Gasteiger partial charge in [-0.3, -0.25) is 4.79 Å². The summed E-state index contributed by atoms with van der Waals surface area (Å²) >= 11 is 0. The van der Waals surface area contributed by atoms with Crippen LogP contribution in [0.5, 0.6) is 0 Å². The van der Waals surface area contributed by atoms with Gasteiger partial charge in [-0.05, 0) is 51.0 Å². The molecule has 3 nitrogen and oxygen atoms in total. The van der Waals surface area contributed by atoms with E-state index >= 15 is 0 Å². The van der Waals surface area contributed by atoms with Gasteiger partial charge in [0.1, 0.15) is 0 Å². The molecule has 0 spiro atoms. The van der Waals surface area contributed by atoms with Gasteiger partial charge in [0.25, 0.3) is 0 Å². The average Bonchev–Trinajstić information content (AvgIpc) is 2.39. The van der Waals surface area contributed by atoms with Crippen LogP contribution < -0.4 is 10.6 Å². The van der Waals surface area contributed by atoms with Crippen LogP contribution in [0, 0.1) is 17.3 Å². The van der Waals surface area contributed by atoms with Gasteiger partial charge < -0.3 is 10.6 Å². The maximum absolute atomic E-state index is 12.3. The molecule has 1 heterocycles. The van der Waals surface area contributed by atoms with Crippen LogP contribution in [0.3, 0.4) is 0 Å². The Kier molecular flexibility index (Phi) is 7.32. The van der Waals surface area contributed by atoms with Crippen molar-refractivity contribution in [1.29, 1.82) is 0 Å². The van der Waals surface area contributed by atoms with Crippen molar-refractivity contribution in [3.8, 4) is 0 Å². The minimum absolute atomic E-state index is 0. The third kappa shape index (κ3) is 4.92. The number of carbonyl (C=O) groups excluding carboxylic acids is 1. The summed E-state index contributed by atoms with van der Waals surface area (Å²) in [5.74, 6) is 1.97. The molecule has 0 aromatic heterocycles. The second-order valence-electron chi connectivity index (χ2n) is 7.02. The topological polar surface area (TPSA) is 41.1 Å². The molecule has 1 aliphatic carbocycles. The van der Waals surface area contributed by atoms with E-state index in [1.807, 2.05) is 0 Å². The summed E-state index contributed by atoms with van der Waals surface area (Å²) in [7, 11) is 0. The van der Waals surface area contributed by atoms with Crippen molar-refractivity contribution in [2.45, 2.75) is 58.8 Å². The molecule has 1 aliphatic heterocycles. The molecule has 0 radical (unpaired) electrons. The highest BCUT2D eigenvalue weighted by molar-refractivity contribution is 5.85. The van der Waals surface area contributed by atoms with Gasteiger partial charge in [-0.2, -0.15) is 0 Å². The van der Waals surface area contributed by atoms with Crippen molar-refractivity contribution < 1.29 is 4.79 Å². The SMILES string of the molecule is CC1CCCC(CCNC(=O)C2(C)CCCNC2)C1.Cl. The summed E-state index contributed by atoms with van der Waals surface area (Å²) in [5, 5.41) is 6.52. The van der Waals surface area contributed by atoms with Gasteiger partial charge in [-0.1, -0.05) is 26.2 Å². The van der Waals surface area contributed by atoms with E-state index in [9.17, 15) is 4.79 Å². The third-order valence-electron chi connectivity index (χ3n) is 5.03. The Balaban J connectivity index is 0.00000200. The lowest BCUT2D eigenvalue weighted by Gasteiger charge is -2.33. The Morgan fingerprint density at radius 2 is 2.15 bits per heavy atom. The van der Waals surface area contributed by atoms with Crippen molar-refractivity contribution in [2.24, 2.45) is 17.3 Å². The van der Waals surface area contributed by atoms with Crippen molar-refractivity contribution in [3.05, 3.63) is 0 Å². The molecule has 0 bridgehead atoms. The van der Waals surface area contributed by atoms with Gasteiger partial charge in [0, 0.05) is 13.1 Å².